The molecule has 1 amide bonds. The largest absolute Gasteiger partial charge is 0.286 e. The summed E-state index contributed by atoms with van der Waals surface area (Å²) in [6.45, 7) is 1.68. The molecule has 0 bridgehead atoms. The zero-order valence-corrected chi connectivity index (χ0v) is 15.9. The number of aryl methyl sites for hydroxylation is 2. The number of nitrogens with one attached hydrogen (secondary N) is 1. The summed E-state index contributed by atoms with van der Waals surface area (Å²) in [5, 5.41) is 6.59. The number of rotatable bonds is 4. The molecule has 3 aromatic rings. The van der Waals surface area contributed by atoms with Crippen molar-refractivity contribution in [2.75, 3.05) is 0 Å². The molecule has 4 rings (SSSR count). The van der Waals surface area contributed by atoms with Gasteiger partial charge in [0.25, 0.3) is 11.5 Å². The number of amides is 1. The molecule has 0 saturated carbocycles. The van der Waals surface area contributed by atoms with Crippen LogP contribution in [0.4, 0.5) is 0 Å². The van der Waals surface area contributed by atoms with Crippen LogP contribution in [-0.2, 0) is 17.6 Å². The maximum Gasteiger partial charge on any atom is 0.263 e. The monoisotopic (exact) mass is 386 g/mol. The van der Waals surface area contributed by atoms with Crippen LogP contribution in [0, 0.1) is 0 Å². The molecule has 1 unspecified atom stereocenters. The molecule has 0 radical (unpaired) electrons. The Morgan fingerprint density at radius 1 is 1.42 bits per heavy atom. The fourth-order valence-corrected chi connectivity index (χ4v) is 4.98. The first kappa shape index (κ1) is 17.1. The highest BCUT2D eigenvalue weighted by molar-refractivity contribution is 7.18. The minimum absolute atomic E-state index is 0.140. The number of nitrogens with zero attached hydrogens (tertiary/aromatic N) is 3. The highest BCUT2D eigenvalue weighted by Crippen LogP contribution is 2.33. The number of hydrogen-bond acceptors (Lipinski definition) is 6. The quantitative estimate of drug-likeness (QED) is 0.553. The Kier molecular flexibility index (Phi) is 4.69. The summed E-state index contributed by atoms with van der Waals surface area (Å²) < 4.78 is 1.40. The van der Waals surface area contributed by atoms with Crippen molar-refractivity contribution in [2.24, 2.45) is 5.10 Å². The van der Waals surface area contributed by atoms with E-state index in [1.807, 2.05) is 17.5 Å². The second-order valence-corrected chi connectivity index (χ2v) is 8.34. The van der Waals surface area contributed by atoms with Crippen LogP contribution in [-0.4, -0.2) is 21.7 Å². The first-order chi connectivity index (χ1) is 12.6. The molecule has 8 heteroatoms. The summed E-state index contributed by atoms with van der Waals surface area (Å²) in [7, 11) is 0. The zero-order chi connectivity index (χ0) is 18.1. The van der Waals surface area contributed by atoms with Crippen LogP contribution in [0.15, 0.2) is 33.7 Å². The molecule has 26 heavy (non-hydrogen) atoms. The van der Waals surface area contributed by atoms with Crippen molar-refractivity contribution in [3.05, 3.63) is 49.5 Å². The third-order valence-corrected chi connectivity index (χ3v) is 6.61. The lowest BCUT2D eigenvalue weighted by Gasteiger charge is -2.14. The third kappa shape index (κ3) is 3.10. The van der Waals surface area contributed by atoms with Gasteiger partial charge in [0.05, 0.1) is 17.9 Å². The lowest BCUT2D eigenvalue weighted by Crippen LogP contribution is -2.34. The molecule has 0 aromatic carbocycles. The van der Waals surface area contributed by atoms with Crippen molar-refractivity contribution in [1.29, 1.82) is 0 Å². The number of carbonyl (C=O) groups excluding carboxylic acids is 1. The highest BCUT2D eigenvalue weighted by atomic mass is 32.1. The van der Waals surface area contributed by atoms with Crippen LogP contribution in [0.5, 0.6) is 0 Å². The van der Waals surface area contributed by atoms with Gasteiger partial charge in [0.1, 0.15) is 10.9 Å². The third-order valence-electron chi connectivity index (χ3n) is 4.61. The van der Waals surface area contributed by atoms with E-state index in [0.717, 1.165) is 41.0 Å². The van der Waals surface area contributed by atoms with Gasteiger partial charge in [-0.1, -0.05) is 6.07 Å². The number of carbonyl (C=O) groups is 1. The number of thiophene rings is 2. The number of hydrazone groups is 1. The molecule has 0 spiro atoms. The predicted octanol–water partition coefficient (Wildman–Crippen LogP) is 3.11. The van der Waals surface area contributed by atoms with Crippen molar-refractivity contribution in [3.8, 4) is 0 Å². The van der Waals surface area contributed by atoms with E-state index in [9.17, 15) is 9.59 Å². The fraction of sp³-hybridized carbons (Fsp3) is 0.333. The minimum atomic E-state index is -0.681. The van der Waals surface area contributed by atoms with Crippen molar-refractivity contribution >= 4 is 45.0 Å². The first-order valence-corrected chi connectivity index (χ1v) is 10.2. The van der Waals surface area contributed by atoms with E-state index in [4.69, 9.17) is 0 Å². The SMILES string of the molecule is CC(C(=O)N/N=C/c1cccs1)n1cnc2sc3c(c2c1=O)CCCC3. The van der Waals surface area contributed by atoms with Gasteiger partial charge in [-0.15, -0.1) is 22.7 Å². The Balaban J connectivity index is 1.60. The van der Waals surface area contributed by atoms with Crippen molar-refractivity contribution < 1.29 is 4.79 Å². The lowest BCUT2D eigenvalue weighted by molar-refractivity contribution is -0.123. The van der Waals surface area contributed by atoms with Gasteiger partial charge in [-0.3, -0.25) is 14.2 Å². The van der Waals surface area contributed by atoms with Crippen LogP contribution in [0.1, 0.15) is 41.1 Å². The van der Waals surface area contributed by atoms with E-state index < -0.39 is 6.04 Å². The fourth-order valence-electron chi connectivity index (χ4n) is 3.18. The van der Waals surface area contributed by atoms with Crippen molar-refractivity contribution in [3.63, 3.8) is 0 Å². The molecular formula is C18H18N4O2S2. The van der Waals surface area contributed by atoms with E-state index in [-0.39, 0.29) is 11.5 Å². The normalized spacial score (nSPS) is 15.3. The predicted molar refractivity (Wildman–Crippen MR) is 105 cm³/mol. The summed E-state index contributed by atoms with van der Waals surface area (Å²) in [6, 6.07) is 3.14. The van der Waals surface area contributed by atoms with Crippen LogP contribution < -0.4 is 11.0 Å². The average Bonchev–Trinajstić information content (AvgIpc) is 3.28. The number of hydrogen-bond donors (Lipinski definition) is 1. The maximum atomic E-state index is 13.0. The van der Waals surface area contributed by atoms with Gasteiger partial charge >= 0.3 is 0 Å². The van der Waals surface area contributed by atoms with Gasteiger partial charge in [0.2, 0.25) is 0 Å². The molecule has 1 aliphatic rings. The standard InChI is InChI=1S/C18H18N4O2S2/c1-11(16(23)21-20-9-12-5-4-8-25-12)22-10-19-17-15(18(22)24)13-6-2-3-7-14(13)26-17/h4-5,8-11H,2-3,6-7H2,1H3,(H,21,23)/b20-9+. The van der Waals surface area contributed by atoms with E-state index in [1.165, 1.54) is 27.1 Å². The average molecular weight is 387 g/mol. The summed E-state index contributed by atoms with van der Waals surface area (Å²) in [5.41, 5.74) is 3.49. The van der Waals surface area contributed by atoms with E-state index >= 15 is 0 Å². The van der Waals surface area contributed by atoms with Crippen LogP contribution in [0.3, 0.4) is 0 Å². The Hall–Kier alpha value is -2.32. The Morgan fingerprint density at radius 2 is 2.27 bits per heavy atom. The highest BCUT2D eigenvalue weighted by Gasteiger charge is 2.23. The van der Waals surface area contributed by atoms with Gasteiger partial charge in [-0.2, -0.15) is 5.10 Å². The van der Waals surface area contributed by atoms with Gasteiger partial charge in [-0.25, -0.2) is 10.4 Å². The molecule has 0 aliphatic heterocycles. The van der Waals surface area contributed by atoms with Crippen molar-refractivity contribution in [2.45, 2.75) is 38.6 Å². The molecule has 0 saturated heterocycles. The number of aromatic nitrogens is 2. The Morgan fingerprint density at radius 3 is 3.08 bits per heavy atom. The molecule has 1 aliphatic carbocycles. The molecular weight excluding hydrogens is 368 g/mol. The van der Waals surface area contributed by atoms with Crippen LogP contribution in [0.2, 0.25) is 0 Å². The van der Waals surface area contributed by atoms with Crippen molar-refractivity contribution in [1.82, 2.24) is 15.0 Å². The molecule has 3 heterocycles. The van der Waals surface area contributed by atoms with E-state index in [0.29, 0.717) is 5.39 Å². The smallest absolute Gasteiger partial charge is 0.263 e. The van der Waals surface area contributed by atoms with Crippen LogP contribution in [0.25, 0.3) is 10.2 Å². The van der Waals surface area contributed by atoms with Gasteiger partial charge in [-0.05, 0) is 49.6 Å². The summed E-state index contributed by atoms with van der Waals surface area (Å²) >= 11 is 3.14. The summed E-state index contributed by atoms with van der Waals surface area (Å²) in [5.74, 6) is -0.342. The topological polar surface area (TPSA) is 76.3 Å². The van der Waals surface area contributed by atoms with Gasteiger partial charge in [0.15, 0.2) is 0 Å². The summed E-state index contributed by atoms with van der Waals surface area (Å²) in [4.78, 5) is 32.8. The minimum Gasteiger partial charge on any atom is -0.286 e. The zero-order valence-electron chi connectivity index (χ0n) is 14.3. The van der Waals surface area contributed by atoms with Gasteiger partial charge in [0, 0.05) is 9.75 Å². The summed E-state index contributed by atoms with van der Waals surface area (Å²) in [6.07, 6.45) is 7.26. The molecule has 0 fully saturated rings. The molecule has 1 N–H and O–H groups in total. The Labute approximate surface area is 158 Å². The molecule has 1 atom stereocenters. The van der Waals surface area contributed by atoms with Gasteiger partial charge < -0.3 is 0 Å². The second-order valence-electron chi connectivity index (χ2n) is 6.27. The lowest BCUT2D eigenvalue weighted by atomic mass is 9.97. The maximum absolute atomic E-state index is 13.0. The van der Waals surface area contributed by atoms with E-state index in [2.05, 4.69) is 15.5 Å². The van der Waals surface area contributed by atoms with Crippen LogP contribution >= 0.6 is 22.7 Å². The molecule has 3 aromatic heterocycles. The first-order valence-electron chi connectivity index (χ1n) is 8.53. The second kappa shape index (κ2) is 7.13. The number of fused-ring (bicyclic) bond motifs is 3. The Bertz CT molecular complexity index is 1030. The molecule has 6 nitrogen and oxygen atoms in total. The molecule has 134 valence electrons. The van der Waals surface area contributed by atoms with E-state index in [1.54, 1.807) is 24.5 Å².